The van der Waals surface area contributed by atoms with Crippen molar-refractivity contribution in [3.63, 3.8) is 0 Å². The first-order valence-electron chi connectivity index (χ1n) is 10.3. The van der Waals surface area contributed by atoms with Crippen molar-refractivity contribution in [1.82, 2.24) is 4.98 Å². The van der Waals surface area contributed by atoms with Crippen LogP contribution in [0.1, 0.15) is 51.4 Å². The first kappa shape index (κ1) is 22.9. The molecule has 7 nitrogen and oxygen atoms in total. The summed E-state index contributed by atoms with van der Waals surface area (Å²) in [5.41, 5.74) is 2.41. The number of carbonyl (C=O) groups is 4. The number of ether oxygens (including phenoxy) is 1. The SMILES string of the molecule is CCOC(=O)Cc1csc(S[C@@H](C)C(=O)Nc2ccc3c(c2)C(=O)c2ccccc2C3=O)n1. The molecule has 0 saturated heterocycles. The molecule has 1 aliphatic rings. The van der Waals surface area contributed by atoms with E-state index in [0.717, 1.165) is 0 Å². The largest absolute Gasteiger partial charge is 0.466 e. The molecule has 33 heavy (non-hydrogen) atoms. The lowest BCUT2D eigenvalue weighted by molar-refractivity contribution is -0.142. The Bertz CT molecular complexity index is 1270. The zero-order chi connectivity index (χ0) is 23.5. The lowest BCUT2D eigenvalue weighted by Crippen LogP contribution is -2.24. The number of benzene rings is 2. The van der Waals surface area contributed by atoms with Gasteiger partial charge in [-0.2, -0.15) is 0 Å². The molecule has 0 spiro atoms. The number of nitrogens with one attached hydrogen (secondary N) is 1. The van der Waals surface area contributed by atoms with Crippen LogP contribution in [0.4, 0.5) is 5.69 Å². The molecule has 168 valence electrons. The molecule has 0 fully saturated rings. The van der Waals surface area contributed by atoms with E-state index in [1.54, 1.807) is 61.7 Å². The normalized spacial score (nSPS) is 13.2. The number of aromatic nitrogens is 1. The maximum absolute atomic E-state index is 12.9. The Hall–Kier alpha value is -3.30. The molecule has 1 amide bonds. The van der Waals surface area contributed by atoms with Crippen LogP contribution in [0.2, 0.25) is 0 Å². The van der Waals surface area contributed by atoms with Gasteiger partial charge in [-0.1, -0.05) is 36.0 Å². The van der Waals surface area contributed by atoms with Crippen molar-refractivity contribution >= 4 is 52.2 Å². The number of esters is 1. The number of hydrogen-bond donors (Lipinski definition) is 1. The number of nitrogens with zero attached hydrogens (tertiary/aromatic N) is 1. The van der Waals surface area contributed by atoms with E-state index in [0.29, 0.717) is 39.0 Å². The first-order chi connectivity index (χ1) is 15.9. The van der Waals surface area contributed by atoms with Crippen molar-refractivity contribution in [2.75, 3.05) is 11.9 Å². The Morgan fingerprint density at radius 1 is 1.06 bits per heavy atom. The number of amides is 1. The third-order valence-corrected chi connectivity index (χ3v) is 7.12. The molecule has 9 heteroatoms. The number of ketones is 2. The third kappa shape index (κ3) is 4.89. The van der Waals surface area contributed by atoms with Crippen molar-refractivity contribution in [2.45, 2.75) is 29.9 Å². The van der Waals surface area contributed by atoms with Gasteiger partial charge < -0.3 is 10.1 Å². The second kappa shape index (κ2) is 9.68. The molecular formula is C24H20N2O5S2. The van der Waals surface area contributed by atoms with Crippen LogP contribution in [-0.4, -0.2) is 40.3 Å². The Kier molecular flexibility index (Phi) is 6.71. The van der Waals surface area contributed by atoms with Crippen molar-refractivity contribution in [2.24, 2.45) is 0 Å². The van der Waals surface area contributed by atoms with E-state index in [1.807, 2.05) is 0 Å². The fourth-order valence-corrected chi connectivity index (χ4v) is 5.39. The fraction of sp³-hybridized carbons (Fsp3) is 0.208. The summed E-state index contributed by atoms with van der Waals surface area (Å²) in [6.07, 6.45) is 0.0937. The Morgan fingerprint density at radius 3 is 2.42 bits per heavy atom. The summed E-state index contributed by atoms with van der Waals surface area (Å²) in [7, 11) is 0. The Labute approximate surface area is 198 Å². The molecule has 1 N–H and O–H groups in total. The van der Waals surface area contributed by atoms with Gasteiger partial charge in [-0.15, -0.1) is 11.3 Å². The molecule has 0 radical (unpaired) electrons. The number of carbonyl (C=O) groups excluding carboxylic acids is 4. The van der Waals surface area contributed by atoms with Gasteiger partial charge >= 0.3 is 5.97 Å². The van der Waals surface area contributed by atoms with Crippen LogP contribution in [0, 0.1) is 0 Å². The summed E-state index contributed by atoms with van der Waals surface area (Å²) in [5, 5.41) is 4.11. The summed E-state index contributed by atoms with van der Waals surface area (Å²) in [5.74, 6) is -1.05. The van der Waals surface area contributed by atoms with Crippen molar-refractivity contribution < 1.29 is 23.9 Å². The van der Waals surface area contributed by atoms with E-state index in [9.17, 15) is 19.2 Å². The summed E-state index contributed by atoms with van der Waals surface area (Å²) >= 11 is 2.63. The van der Waals surface area contributed by atoms with Crippen LogP contribution in [0.3, 0.4) is 0 Å². The van der Waals surface area contributed by atoms with Gasteiger partial charge in [-0.05, 0) is 32.0 Å². The predicted octanol–water partition coefficient (Wildman–Crippen LogP) is 4.14. The van der Waals surface area contributed by atoms with Crippen LogP contribution >= 0.6 is 23.1 Å². The number of hydrogen-bond acceptors (Lipinski definition) is 8. The van der Waals surface area contributed by atoms with E-state index in [-0.39, 0.29) is 35.4 Å². The van der Waals surface area contributed by atoms with Crippen LogP contribution in [0.5, 0.6) is 0 Å². The summed E-state index contributed by atoms with van der Waals surface area (Å²) in [6.45, 7) is 3.81. The smallest absolute Gasteiger partial charge is 0.311 e. The fourth-order valence-electron chi connectivity index (χ4n) is 3.41. The summed E-state index contributed by atoms with van der Waals surface area (Å²) < 4.78 is 5.59. The van der Waals surface area contributed by atoms with E-state index in [4.69, 9.17) is 4.74 Å². The molecule has 4 rings (SSSR count). The highest BCUT2D eigenvalue weighted by atomic mass is 32.2. The lowest BCUT2D eigenvalue weighted by Gasteiger charge is -2.18. The summed E-state index contributed by atoms with van der Waals surface area (Å²) in [6, 6.07) is 11.5. The summed E-state index contributed by atoms with van der Waals surface area (Å²) in [4.78, 5) is 54.3. The second-order valence-electron chi connectivity index (χ2n) is 7.30. The number of anilines is 1. The quantitative estimate of drug-likeness (QED) is 0.313. The average Bonchev–Trinajstić information content (AvgIpc) is 3.24. The van der Waals surface area contributed by atoms with E-state index < -0.39 is 5.25 Å². The highest BCUT2D eigenvalue weighted by molar-refractivity contribution is 8.02. The first-order valence-corrected chi connectivity index (χ1v) is 12.0. The minimum Gasteiger partial charge on any atom is -0.466 e. The third-order valence-electron chi connectivity index (χ3n) is 5.00. The molecule has 1 aliphatic carbocycles. The molecule has 1 heterocycles. The molecule has 1 atom stereocenters. The van der Waals surface area contributed by atoms with E-state index in [1.165, 1.54) is 23.1 Å². The zero-order valence-electron chi connectivity index (χ0n) is 17.9. The van der Waals surface area contributed by atoms with Crippen molar-refractivity contribution in [3.8, 4) is 0 Å². The maximum Gasteiger partial charge on any atom is 0.311 e. The number of fused-ring (bicyclic) bond motifs is 2. The topological polar surface area (TPSA) is 102 Å². The number of thiazole rings is 1. The van der Waals surface area contributed by atoms with E-state index in [2.05, 4.69) is 10.3 Å². The predicted molar refractivity (Wildman–Crippen MR) is 126 cm³/mol. The van der Waals surface area contributed by atoms with E-state index >= 15 is 0 Å². The van der Waals surface area contributed by atoms with Gasteiger partial charge in [-0.25, -0.2) is 4.98 Å². The zero-order valence-corrected chi connectivity index (χ0v) is 19.5. The minimum absolute atomic E-state index is 0.0937. The lowest BCUT2D eigenvalue weighted by atomic mass is 9.84. The van der Waals surface area contributed by atoms with Gasteiger partial charge in [0.05, 0.1) is 24.0 Å². The van der Waals surface area contributed by atoms with Crippen LogP contribution in [0.15, 0.2) is 52.2 Å². The molecular weight excluding hydrogens is 460 g/mol. The Morgan fingerprint density at radius 2 is 1.73 bits per heavy atom. The van der Waals surface area contributed by atoms with Gasteiger partial charge in [-0.3, -0.25) is 19.2 Å². The van der Waals surface area contributed by atoms with Gasteiger partial charge in [0.15, 0.2) is 15.9 Å². The van der Waals surface area contributed by atoms with Gasteiger partial charge in [0, 0.05) is 33.3 Å². The van der Waals surface area contributed by atoms with Crippen LogP contribution < -0.4 is 5.32 Å². The highest BCUT2D eigenvalue weighted by Gasteiger charge is 2.29. The number of rotatable bonds is 7. The molecule has 0 bridgehead atoms. The average molecular weight is 481 g/mol. The molecule has 0 saturated carbocycles. The standard InChI is InChI=1S/C24H20N2O5S2/c1-3-31-20(27)11-15-12-32-24(26-15)33-13(2)23(30)25-14-8-9-18-19(10-14)22(29)17-7-5-4-6-16(17)21(18)28/h4-10,12-13H,3,11H2,1-2H3,(H,25,30)/t13-/m0/s1. The monoisotopic (exact) mass is 480 g/mol. The van der Waals surface area contributed by atoms with Gasteiger partial charge in [0.2, 0.25) is 5.91 Å². The Balaban J connectivity index is 1.43. The van der Waals surface area contributed by atoms with Crippen LogP contribution in [0.25, 0.3) is 0 Å². The maximum atomic E-state index is 12.9. The van der Waals surface area contributed by atoms with Crippen LogP contribution in [-0.2, 0) is 20.7 Å². The molecule has 0 unspecified atom stereocenters. The minimum atomic E-state index is -0.472. The van der Waals surface area contributed by atoms with Crippen molar-refractivity contribution in [3.05, 3.63) is 75.8 Å². The second-order valence-corrected chi connectivity index (χ2v) is 9.75. The molecule has 1 aromatic heterocycles. The molecule has 2 aromatic carbocycles. The highest BCUT2D eigenvalue weighted by Crippen LogP contribution is 2.30. The van der Waals surface area contributed by atoms with Crippen molar-refractivity contribution in [1.29, 1.82) is 0 Å². The van der Waals surface area contributed by atoms with Gasteiger partial charge in [0.25, 0.3) is 0 Å². The number of thioether (sulfide) groups is 1. The molecule has 3 aromatic rings. The van der Waals surface area contributed by atoms with Gasteiger partial charge in [0.1, 0.15) is 0 Å². The molecule has 0 aliphatic heterocycles.